The van der Waals surface area contributed by atoms with Crippen LogP contribution in [0.2, 0.25) is 0 Å². The molecule has 3 aromatic rings. The summed E-state index contributed by atoms with van der Waals surface area (Å²) in [5, 5.41) is 14.5. The van der Waals surface area contributed by atoms with Crippen LogP contribution in [0, 0.1) is 0 Å². The summed E-state index contributed by atoms with van der Waals surface area (Å²) in [4.78, 5) is 0. The van der Waals surface area contributed by atoms with Crippen molar-refractivity contribution in [2.24, 2.45) is 0 Å². The van der Waals surface area contributed by atoms with Crippen molar-refractivity contribution in [3.05, 3.63) is 66.4 Å². The number of rotatable bonds is 6. The number of para-hydroxylation sites is 2. The zero-order valence-electron chi connectivity index (χ0n) is 14.1. The number of hydrogen-bond acceptors (Lipinski definition) is 3. The fourth-order valence-electron chi connectivity index (χ4n) is 3.15. The molecule has 0 aliphatic carbocycles. The van der Waals surface area contributed by atoms with Gasteiger partial charge in [0.25, 0.3) is 0 Å². The highest BCUT2D eigenvalue weighted by molar-refractivity contribution is 5.80. The van der Waals surface area contributed by atoms with Crippen molar-refractivity contribution in [3.63, 3.8) is 0 Å². The Bertz CT molecular complexity index is 876. The van der Waals surface area contributed by atoms with Gasteiger partial charge in [-0.05, 0) is 30.6 Å². The first-order valence-electron chi connectivity index (χ1n) is 8.13. The molecule has 0 radical (unpaired) electrons. The van der Waals surface area contributed by atoms with E-state index >= 15 is 0 Å². The van der Waals surface area contributed by atoms with Gasteiger partial charge in [0.2, 0.25) is 0 Å². The summed E-state index contributed by atoms with van der Waals surface area (Å²) in [7, 11) is 1.67. The van der Waals surface area contributed by atoms with Gasteiger partial charge in [-0.15, -0.1) is 13.2 Å². The number of aliphatic hydroxyl groups is 1. The van der Waals surface area contributed by atoms with Gasteiger partial charge in [-0.1, -0.05) is 36.4 Å². The predicted molar refractivity (Wildman–Crippen MR) is 93.1 cm³/mol. The Kier molecular flexibility index (Phi) is 5.20. The minimum absolute atomic E-state index is 0.206. The minimum atomic E-state index is -4.81. The van der Waals surface area contributed by atoms with E-state index in [9.17, 15) is 18.3 Å². The smallest absolute Gasteiger partial charge is 0.405 e. The Morgan fingerprint density at radius 3 is 2.50 bits per heavy atom. The monoisotopic (exact) mass is 364 g/mol. The van der Waals surface area contributed by atoms with Crippen molar-refractivity contribution in [3.8, 4) is 5.75 Å². The van der Waals surface area contributed by atoms with E-state index in [0.717, 1.165) is 10.9 Å². The quantitative estimate of drug-likeness (QED) is 0.701. The number of fused-ring (bicyclic) bond motifs is 1. The molecule has 138 valence electrons. The van der Waals surface area contributed by atoms with E-state index in [0.29, 0.717) is 0 Å². The van der Waals surface area contributed by atoms with Gasteiger partial charge in [0.05, 0.1) is 12.1 Å². The lowest BCUT2D eigenvalue weighted by atomic mass is 9.99. The standard InChI is InChI=1S/C19H19F3N2O2/c1-23-12-16(25)18(24-11-10-13-6-2-4-8-15(13)24)14-7-3-5-9-17(14)26-19(20,21)22/h2-11,16,18,23,25H,12H2,1H3/t16-,18+/m0/s1. The fourth-order valence-corrected chi connectivity index (χ4v) is 3.15. The maximum atomic E-state index is 12.8. The molecule has 1 heterocycles. The zero-order valence-corrected chi connectivity index (χ0v) is 14.1. The Balaban J connectivity index is 2.14. The number of halogens is 3. The minimum Gasteiger partial charge on any atom is -0.405 e. The van der Waals surface area contributed by atoms with Crippen LogP contribution in [0.5, 0.6) is 5.75 Å². The number of benzene rings is 2. The van der Waals surface area contributed by atoms with Gasteiger partial charge in [-0.2, -0.15) is 0 Å². The summed E-state index contributed by atoms with van der Waals surface area (Å²) in [6, 6.07) is 14.5. The summed E-state index contributed by atoms with van der Waals surface area (Å²) in [6.45, 7) is 0.206. The van der Waals surface area contributed by atoms with Crippen LogP contribution in [-0.2, 0) is 0 Å². The number of hydrogen-bond donors (Lipinski definition) is 2. The van der Waals surface area contributed by atoms with Crippen molar-refractivity contribution in [2.45, 2.75) is 18.5 Å². The van der Waals surface area contributed by atoms with E-state index in [2.05, 4.69) is 10.1 Å². The second-order valence-electron chi connectivity index (χ2n) is 5.94. The first kappa shape index (κ1) is 18.3. The highest BCUT2D eigenvalue weighted by Gasteiger charge is 2.34. The molecule has 3 rings (SSSR count). The molecule has 1 aromatic heterocycles. The third kappa shape index (κ3) is 3.84. The van der Waals surface area contributed by atoms with Crippen LogP contribution >= 0.6 is 0 Å². The average Bonchev–Trinajstić information content (AvgIpc) is 3.00. The molecule has 0 saturated heterocycles. The molecule has 2 aromatic carbocycles. The molecule has 0 saturated carbocycles. The number of aliphatic hydroxyl groups excluding tert-OH is 1. The highest BCUT2D eigenvalue weighted by Crippen LogP contribution is 2.35. The van der Waals surface area contributed by atoms with E-state index in [-0.39, 0.29) is 17.9 Å². The summed E-state index contributed by atoms with van der Waals surface area (Å²) in [5.74, 6) is -0.321. The van der Waals surface area contributed by atoms with Gasteiger partial charge in [-0.3, -0.25) is 0 Å². The molecule has 0 aliphatic rings. The Hall–Kier alpha value is -2.51. The second-order valence-corrected chi connectivity index (χ2v) is 5.94. The van der Waals surface area contributed by atoms with Gasteiger partial charge >= 0.3 is 6.36 Å². The van der Waals surface area contributed by atoms with Crippen LogP contribution in [0.15, 0.2) is 60.8 Å². The number of ether oxygens (including phenoxy) is 1. The lowest BCUT2D eigenvalue weighted by Gasteiger charge is -2.28. The Morgan fingerprint density at radius 2 is 1.77 bits per heavy atom. The van der Waals surface area contributed by atoms with Crippen LogP contribution in [0.4, 0.5) is 13.2 Å². The maximum Gasteiger partial charge on any atom is 0.573 e. The van der Waals surface area contributed by atoms with E-state index in [1.54, 1.807) is 29.9 Å². The molecule has 2 atom stereocenters. The van der Waals surface area contributed by atoms with E-state index < -0.39 is 18.5 Å². The Labute approximate surface area is 148 Å². The van der Waals surface area contributed by atoms with Crippen LogP contribution in [0.25, 0.3) is 10.9 Å². The van der Waals surface area contributed by atoms with Crippen LogP contribution in [0.1, 0.15) is 11.6 Å². The molecular weight excluding hydrogens is 345 g/mol. The molecule has 7 heteroatoms. The number of aromatic nitrogens is 1. The summed E-state index contributed by atoms with van der Waals surface area (Å²) in [6.07, 6.45) is -4.01. The average molecular weight is 364 g/mol. The van der Waals surface area contributed by atoms with Crippen molar-refractivity contribution >= 4 is 10.9 Å². The first-order chi connectivity index (χ1) is 12.4. The van der Waals surface area contributed by atoms with E-state index in [4.69, 9.17) is 0 Å². The molecule has 0 unspecified atom stereocenters. The van der Waals surface area contributed by atoms with Gasteiger partial charge in [0.1, 0.15) is 5.75 Å². The molecule has 4 nitrogen and oxygen atoms in total. The van der Waals surface area contributed by atoms with E-state index in [1.807, 2.05) is 30.3 Å². The van der Waals surface area contributed by atoms with Gasteiger partial charge in [0, 0.05) is 23.8 Å². The number of nitrogens with one attached hydrogen (secondary N) is 1. The fraction of sp³-hybridized carbons (Fsp3) is 0.263. The third-order valence-electron chi connectivity index (χ3n) is 4.17. The van der Waals surface area contributed by atoms with Crippen LogP contribution in [-0.4, -0.2) is 35.7 Å². The highest BCUT2D eigenvalue weighted by atomic mass is 19.4. The van der Waals surface area contributed by atoms with Crippen molar-refractivity contribution in [2.75, 3.05) is 13.6 Å². The molecule has 26 heavy (non-hydrogen) atoms. The van der Waals surface area contributed by atoms with Crippen LogP contribution in [0.3, 0.4) is 0 Å². The second kappa shape index (κ2) is 7.39. The first-order valence-corrected chi connectivity index (χ1v) is 8.13. The molecule has 0 bridgehead atoms. The SMILES string of the molecule is CNC[C@H](O)[C@@H](c1ccccc1OC(F)(F)F)n1ccc2ccccc21. The lowest BCUT2D eigenvalue weighted by molar-refractivity contribution is -0.275. The topological polar surface area (TPSA) is 46.4 Å². The normalized spacial score (nSPS) is 14.3. The largest absolute Gasteiger partial charge is 0.573 e. The number of nitrogens with zero attached hydrogens (tertiary/aromatic N) is 1. The molecular formula is C19H19F3N2O2. The van der Waals surface area contributed by atoms with E-state index in [1.165, 1.54) is 12.1 Å². The maximum absolute atomic E-state index is 12.8. The van der Waals surface area contributed by atoms with Gasteiger partial charge in [-0.25, -0.2) is 0 Å². The predicted octanol–water partition coefficient (Wildman–Crippen LogP) is 3.71. The van der Waals surface area contributed by atoms with Crippen LogP contribution < -0.4 is 10.1 Å². The van der Waals surface area contributed by atoms with Crippen molar-refractivity contribution in [1.82, 2.24) is 9.88 Å². The molecule has 0 aliphatic heterocycles. The van der Waals surface area contributed by atoms with Crippen molar-refractivity contribution < 1.29 is 23.0 Å². The third-order valence-corrected chi connectivity index (χ3v) is 4.17. The molecule has 0 amide bonds. The zero-order chi connectivity index (χ0) is 18.7. The summed E-state index contributed by atoms with van der Waals surface area (Å²) >= 11 is 0. The van der Waals surface area contributed by atoms with Crippen molar-refractivity contribution in [1.29, 1.82) is 0 Å². The van der Waals surface area contributed by atoms with Gasteiger partial charge in [0.15, 0.2) is 0 Å². The number of likely N-dealkylation sites (N-methyl/N-ethyl adjacent to an activating group) is 1. The summed E-state index contributed by atoms with van der Waals surface area (Å²) < 4.78 is 44.5. The molecule has 0 spiro atoms. The van der Waals surface area contributed by atoms with Gasteiger partial charge < -0.3 is 19.7 Å². The number of alkyl halides is 3. The summed E-state index contributed by atoms with van der Waals surface area (Å²) in [5.41, 5.74) is 1.07. The molecule has 2 N–H and O–H groups in total. The molecule has 0 fully saturated rings. The Morgan fingerprint density at radius 1 is 1.08 bits per heavy atom. The lowest BCUT2D eigenvalue weighted by Crippen LogP contribution is -2.34.